The summed E-state index contributed by atoms with van der Waals surface area (Å²) in [5.74, 6) is -7.48. The summed E-state index contributed by atoms with van der Waals surface area (Å²) in [6, 6.07) is 91.9. The van der Waals surface area contributed by atoms with E-state index in [0.29, 0.717) is 0 Å². The zero-order valence-corrected chi connectivity index (χ0v) is 79.9. The van der Waals surface area contributed by atoms with Gasteiger partial charge in [-0.05, 0) is 262 Å². The fourth-order valence-corrected chi connectivity index (χ4v) is 19.6. The maximum Gasteiger partial charge on any atom is 0.432 e. The molecule has 22 nitrogen and oxygen atoms in total. The monoisotopic (exact) mass is 2100 g/mol. The lowest BCUT2D eigenvalue weighted by Crippen LogP contribution is -3.61. The summed E-state index contributed by atoms with van der Waals surface area (Å²) in [7, 11) is -19.9. The van der Waals surface area contributed by atoms with E-state index in [9.17, 15) is 137 Å². The van der Waals surface area contributed by atoms with Crippen molar-refractivity contribution in [1.29, 1.82) is 0 Å². The standard InChI is InChI=1S/C18H13S.C18H15S.C17H21F5O8S.C16H19F5O7S.C14H18F2O7S.C12H10I/c1-2-8-14(9-3-1)19-17-12-6-4-10-15(17)16-11-5-7-13-18(16)19;1-4-10-16(11-5-1)19(17-12-6-2-7-13-17)18-14-8-3-9-15-18;1-14(2,24)9-5-10(15(3,4)25)7-11(6-9)29-8-12(23)30-13(16(18,19)20)17(21,22)31(26,27)28;1-13(2,23)9-5-8(6-10(7-9)14(3,4)24)11(22)28-12(15(17,18)19)16(20,21)29(25,26)27;1-12(2,18)8-5-9(13(3,4)19)7-10(6-8)23-11(17)14(15,16)24(20,21)22;1-3-7-11(8-4-1)13-12-9-5-2-6-10-12/h1-13H;1-15H;5-7,13,24-25H,8H2,1-4H3,(H,26,27,28);5-7,12,23-24H,1-4H3,(H,25,26,27);5-7,18-19H,1-4H3,(H,20,21,22);1-10H/q2*+1;;;;+1/p-3. The van der Waals surface area contributed by atoms with Gasteiger partial charge < -0.3 is 63.2 Å². The normalized spacial score (nSPS) is 13.1. The summed E-state index contributed by atoms with van der Waals surface area (Å²) in [4.78, 5) is 40.6. The van der Waals surface area contributed by atoms with Crippen molar-refractivity contribution in [3.8, 4) is 16.4 Å². The van der Waals surface area contributed by atoms with Crippen LogP contribution < -0.4 is 30.7 Å². The third kappa shape index (κ3) is 31.3. The Balaban J connectivity index is 0.000000224. The number of fused-ring (bicyclic) bond motifs is 3. The molecule has 0 fully saturated rings. The Morgan fingerprint density at radius 1 is 0.363 bits per heavy atom. The lowest BCUT2D eigenvalue weighted by Gasteiger charge is -2.30. The zero-order chi connectivity index (χ0) is 101. The van der Waals surface area contributed by atoms with Crippen LogP contribution in [0.25, 0.3) is 25.1 Å². The number of rotatable bonds is 25. The van der Waals surface area contributed by atoms with E-state index in [1.807, 2.05) is 0 Å². The molecule has 0 amide bonds. The maximum atomic E-state index is 13.5. The number of benzene rings is 11. The van der Waals surface area contributed by atoms with Gasteiger partial charge in [0.05, 0.1) is 50.1 Å². The van der Waals surface area contributed by atoms with Crippen LogP contribution in [0.2, 0.25) is 0 Å². The molecule has 1 aromatic heterocycles. The van der Waals surface area contributed by atoms with Gasteiger partial charge in [0.25, 0.3) is 12.2 Å². The Bertz CT molecular complexity index is 6090. The van der Waals surface area contributed by atoms with E-state index in [4.69, 9.17) is 4.74 Å². The average Bonchev–Trinajstić information content (AvgIpc) is 1.59. The van der Waals surface area contributed by atoms with E-state index < -0.39 is 140 Å². The molecule has 11 aromatic carbocycles. The van der Waals surface area contributed by atoms with E-state index in [2.05, 4.69) is 245 Å². The van der Waals surface area contributed by atoms with Crippen LogP contribution in [-0.4, -0.2) is 134 Å². The Morgan fingerprint density at radius 2 is 0.637 bits per heavy atom. The highest BCUT2D eigenvalue weighted by atomic mass is 127. The van der Waals surface area contributed by atoms with Crippen molar-refractivity contribution in [2.45, 2.75) is 172 Å². The number of carbonyl (C=O) groups excluding carboxylic acids is 3. The molecular formula is C95H93F12IO22S5. The number of esters is 3. The minimum Gasteiger partial charge on any atom is -0.743 e. The van der Waals surface area contributed by atoms with E-state index in [-0.39, 0.29) is 81.7 Å². The molecule has 12 aromatic rings. The lowest BCUT2D eigenvalue weighted by molar-refractivity contribution is -0.597. The number of aliphatic hydroxyl groups is 6. The van der Waals surface area contributed by atoms with Crippen molar-refractivity contribution in [3.63, 3.8) is 0 Å². The largest absolute Gasteiger partial charge is 0.743 e. The summed E-state index contributed by atoms with van der Waals surface area (Å²) in [6.45, 7) is 14.5. The maximum absolute atomic E-state index is 13.5. The van der Waals surface area contributed by atoms with Crippen LogP contribution in [0.3, 0.4) is 0 Å². The van der Waals surface area contributed by atoms with Gasteiger partial charge in [-0.1, -0.05) is 140 Å². The van der Waals surface area contributed by atoms with Crippen LogP contribution in [0.15, 0.2) is 300 Å². The van der Waals surface area contributed by atoms with Crippen molar-refractivity contribution >= 4 is 89.8 Å². The molecule has 0 saturated heterocycles. The Hall–Kier alpha value is -10.4. The Kier molecular flexibility index (Phi) is 36.7. The van der Waals surface area contributed by atoms with Gasteiger partial charge in [-0.15, -0.1) is 0 Å². The molecule has 12 rings (SSSR count). The van der Waals surface area contributed by atoms with Gasteiger partial charge in [0.15, 0.2) is 73.1 Å². The van der Waals surface area contributed by atoms with Crippen LogP contribution in [-0.2, 0) is 93.9 Å². The first-order valence-electron chi connectivity index (χ1n) is 39.8. The molecule has 1 heterocycles. The van der Waals surface area contributed by atoms with Gasteiger partial charge in [-0.2, -0.15) is 52.7 Å². The van der Waals surface area contributed by atoms with Crippen molar-refractivity contribution in [1.82, 2.24) is 0 Å². The van der Waals surface area contributed by atoms with Crippen LogP contribution in [0, 0.1) is 7.14 Å². The molecule has 2 atom stereocenters. The smallest absolute Gasteiger partial charge is 0.432 e. The van der Waals surface area contributed by atoms with Crippen LogP contribution in [0.4, 0.5) is 52.7 Å². The molecule has 0 saturated carbocycles. The van der Waals surface area contributed by atoms with Crippen molar-refractivity contribution in [2.24, 2.45) is 0 Å². The molecule has 0 aliphatic heterocycles. The first-order valence-corrected chi connectivity index (χ1v) is 48.6. The average molecular weight is 2100 g/mol. The SMILES string of the molecule is CC(C)(O)c1cc(C(=O)OC(C(F)(F)F)C(F)(F)S(=O)(=O)[O-])cc(C(C)(C)O)c1.CC(C)(O)c1cc(OC(=O)C(F)(F)S(=O)(=O)[O-])cc(C(C)(C)O)c1.CC(C)(O)c1cc(OCC(=O)OC(C(F)(F)F)C(F)(F)S(=O)(=O)[O-])cc(C(C)(C)O)c1.c1ccc(-[s+]2c3ccccc3c3ccccc32)cc1.c1ccc([I+]c2ccccc2)cc1.c1ccc([S+](c2ccccc2)c2ccccc2)cc1. The molecule has 2 unspecified atom stereocenters. The molecule has 0 bridgehead atoms. The fraction of sp³-hybridized carbons (Fsp3) is 0.274. The quantitative estimate of drug-likeness (QED) is 0.00773. The summed E-state index contributed by atoms with van der Waals surface area (Å²) in [6.07, 6.45) is -21.3. The molecule has 0 aliphatic rings. The van der Waals surface area contributed by atoms with Crippen LogP contribution in [0.1, 0.15) is 127 Å². The van der Waals surface area contributed by atoms with Gasteiger partial charge in [0, 0.05) is 21.2 Å². The number of thiophene rings is 1. The fourth-order valence-electron chi connectivity index (χ4n) is 11.7. The molecule has 0 radical (unpaired) electrons. The van der Waals surface area contributed by atoms with Gasteiger partial charge in [-0.25, -0.2) is 39.6 Å². The van der Waals surface area contributed by atoms with Gasteiger partial charge in [-0.3, -0.25) is 0 Å². The van der Waals surface area contributed by atoms with E-state index >= 15 is 0 Å². The topological polar surface area (TPSA) is 381 Å². The number of ether oxygens (including phenoxy) is 4. The van der Waals surface area contributed by atoms with Crippen molar-refractivity contribution in [2.75, 3.05) is 6.61 Å². The third-order valence-corrected chi connectivity index (χ3v) is 28.6. The van der Waals surface area contributed by atoms with Crippen molar-refractivity contribution in [3.05, 3.63) is 331 Å². The predicted octanol–water partition coefficient (Wildman–Crippen LogP) is 16.0. The lowest BCUT2D eigenvalue weighted by atomic mass is 9.89. The highest BCUT2D eigenvalue weighted by Gasteiger charge is 2.64. The highest BCUT2D eigenvalue weighted by Crippen LogP contribution is 2.49. The number of alkyl halides is 12. The van der Waals surface area contributed by atoms with E-state index in [1.54, 1.807) is 0 Å². The highest BCUT2D eigenvalue weighted by molar-refractivity contribution is 7.97. The number of carbonyl (C=O) groups is 3. The first kappa shape index (κ1) is 112. The molecule has 40 heteroatoms. The van der Waals surface area contributed by atoms with Gasteiger partial charge in [0.2, 0.25) is 0 Å². The van der Waals surface area contributed by atoms with E-state index in [1.165, 1.54) is 160 Å². The first-order chi connectivity index (χ1) is 62.0. The Labute approximate surface area is 787 Å². The summed E-state index contributed by atoms with van der Waals surface area (Å²) in [5, 5.41) is 46.0. The minimum absolute atomic E-state index is 0.0146. The van der Waals surface area contributed by atoms with E-state index in [0.717, 1.165) is 24.3 Å². The summed E-state index contributed by atoms with van der Waals surface area (Å²) >= 11 is 0.0287. The molecule has 0 aliphatic carbocycles. The number of halogens is 13. The second-order valence-corrected chi connectivity index (χ2v) is 44.0. The summed E-state index contributed by atoms with van der Waals surface area (Å²) < 4.78 is 274. The third-order valence-electron chi connectivity index (χ3n) is 18.8. The van der Waals surface area contributed by atoms with Crippen LogP contribution >= 0.6 is 10.5 Å². The minimum atomic E-state index is -6.84. The predicted molar refractivity (Wildman–Crippen MR) is 474 cm³/mol. The molecule has 135 heavy (non-hydrogen) atoms. The number of hydrogen-bond acceptors (Lipinski definition) is 22. The molecule has 0 spiro atoms. The van der Waals surface area contributed by atoms with Gasteiger partial charge >= 0.3 is 67.2 Å². The Morgan fingerprint density at radius 3 is 0.933 bits per heavy atom. The summed E-state index contributed by atoms with van der Waals surface area (Å²) in [5.41, 5.74) is -9.62. The van der Waals surface area contributed by atoms with Gasteiger partial charge in [0.1, 0.15) is 11.5 Å². The second kappa shape index (κ2) is 44.4. The molecule has 726 valence electrons. The number of hydrogen-bond donors (Lipinski definition) is 6. The molecule has 6 N–H and O–H groups in total. The van der Waals surface area contributed by atoms with Crippen LogP contribution in [0.5, 0.6) is 11.5 Å². The molecular weight excluding hydrogens is 2010 g/mol. The zero-order valence-electron chi connectivity index (χ0n) is 73.7. The second-order valence-electron chi connectivity index (χ2n) is 32.6. The van der Waals surface area contributed by atoms with Crippen molar-refractivity contribution < 1.29 is 177 Å².